The number of benzene rings is 1. The van der Waals surface area contributed by atoms with Gasteiger partial charge >= 0.3 is 6.09 Å². The van der Waals surface area contributed by atoms with Crippen molar-refractivity contribution >= 4 is 27.9 Å². The molecule has 1 fully saturated rings. The third-order valence-corrected chi connectivity index (χ3v) is 4.10. The molecule has 0 unspecified atom stereocenters. The van der Waals surface area contributed by atoms with Crippen LogP contribution in [-0.2, 0) is 4.74 Å². The van der Waals surface area contributed by atoms with E-state index in [-0.39, 0.29) is 36.2 Å². The smallest absolute Gasteiger partial charge is 0.410 e. The molecule has 0 N–H and O–H groups in total. The Morgan fingerprint density at radius 2 is 1.58 bits per heavy atom. The van der Waals surface area contributed by atoms with Gasteiger partial charge in [-0.1, -0.05) is 0 Å². The van der Waals surface area contributed by atoms with Crippen molar-refractivity contribution < 1.29 is 23.1 Å². The van der Waals surface area contributed by atoms with Gasteiger partial charge < -0.3 is 14.5 Å². The van der Waals surface area contributed by atoms with Gasteiger partial charge in [0, 0.05) is 26.2 Å². The fourth-order valence-electron chi connectivity index (χ4n) is 2.28. The van der Waals surface area contributed by atoms with Crippen molar-refractivity contribution in [3.63, 3.8) is 0 Å². The van der Waals surface area contributed by atoms with E-state index in [1.807, 2.05) is 0 Å². The summed E-state index contributed by atoms with van der Waals surface area (Å²) in [6.45, 7) is 6.34. The normalized spacial score (nSPS) is 15.4. The Balaban J connectivity index is 2.01. The van der Waals surface area contributed by atoms with Crippen LogP contribution in [0.3, 0.4) is 0 Å². The molecular weight excluding hydrogens is 386 g/mol. The molecule has 0 radical (unpaired) electrons. The molecule has 24 heavy (non-hydrogen) atoms. The monoisotopic (exact) mass is 404 g/mol. The van der Waals surface area contributed by atoms with Crippen molar-refractivity contribution in [2.24, 2.45) is 0 Å². The van der Waals surface area contributed by atoms with Crippen LogP contribution in [0.5, 0.6) is 0 Å². The highest BCUT2D eigenvalue weighted by Crippen LogP contribution is 2.22. The van der Waals surface area contributed by atoms with Gasteiger partial charge in [-0.25, -0.2) is 13.6 Å². The minimum Gasteiger partial charge on any atom is -0.444 e. The Hall–Kier alpha value is -1.70. The molecule has 0 aliphatic carbocycles. The van der Waals surface area contributed by atoms with Gasteiger partial charge in [0.05, 0.1) is 10.0 Å². The van der Waals surface area contributed by atoms with Crippen LogP contribution in [0.1, 0.15) is 31.1 Å². The number of carbonyl (C=O) groups excluding carboxylic acids is 2. The predicted molar refractivity (Wildman–Crippen MR) is 87.8 cm³/mol. The predicted octanol–water partition coefficient (Wildman–Crippen LogP) is 3.42. The minimum absolute atomic E-state index is 0.0358. The number of carbonyl (C=O) groups is 2. The SMILES string of the molecule is CC(C)(C)OC(=O)N1CCN(C(=O)c2ccc(Br)c(F)c2F)CC1. The van der Waals surface area contributed by atoms with E-state index in [0.717, 1.165) is 0 Å². The molecule has 1 aromatic carbocycles. The molecule has 2 amide bonds. The fraction of sp³-hybridized carbons (Fsp3) is 0.500. The lowest BCUT2D eigenvalue weighted by molar-refractivity contribution is 0.0140. The second-order valence-electron chi connectivity index (χ2n) is 6.48. The van der Waals surface area contributed by atoms with Crippen LogP contribution in [0.25, 0.3) is 0 Å². The maximum Gasteiger partial charge on any atom is 0.410 e. The molecule has 0 bridgehead atoms. The third kappa shape index (κ3) is 4.23. The van der Waals surface area contributed by atoms with E-state index in [0.29, 0.717) is 0 Å². The first kappa shape index (κ1) is 18.6. The first-order valence-corrected chi connectivity index (χ1v) is 8.30. The Kier molecular flexibility index (Phi) is 5.47. The van der Waals surface area contributed by atoms with Crippen LogP contribution in [0.15, 0.2) is 16.6 Å². The highest BCUT2D eigenvalue weighted by atomic mass is 79.9. The van der Waals surface area contributed by atoms with Gasteiger partial charge in [-0.3, -0.25) is 4.79 Å². The van der Waals surface area contributed by atoms with Crippen molar-refractivity contribution in [2.75, 3.05) is 26.2 Å². The molecule has 1 aliphatic heterocycles. The van der Waals surface area contributed by atoms with E-state index in [9.17, 15) is 18.4 Å². The minimum atomic E-state index is -1.18. The second-order valence-corrected chi connectivity index (χ2v) is 7.34. The van der Waals surface area contributed by atoms with Gasteiger partial charge in [-0.2, -0.15) is 0 Å². The summed E-state index contributed by atoms with van der Waals surface area (Å²) in [4.78, 5) is 27.2. The Morgan fingerprint density at radius 1 is 1.04 bits per heavy atom. The molecule has 1 aromatic rings. The largest absolute Gasteiger partial charge is 0.444 e. The maximum atomic E-state index is 13.9. The molecule has 132 valence electrons. The quantitative estimate of drug-likeness (QED) is 0.673. The summed E-state index contributed by atoms with van der Waals surface area (Å²) < 4.78 is 32.7. The fourth-order valence-corrected chi connectivity index (χ4v) is 2.59. The summed E-state index contributed by atoms with van der Waals surface area (Å²) in [5.74, 6) is -2.86. The zero-order valence-electron chi connectivity index (χ0n) is 13.7. The highest BCUT2D eigenvalue weighted by molar-refractivity contribution is 9.10. The zero-order valence-corrected chi connectivity index (χ0v) is 15.3. The Morgan fingerprint density at radius 3 is 2.12 bits per heavy atom. The van der Waals surface area contributed by atoms with E-state index in [1.165, 1.54) is 21.9 Å². The lowest BCUT2D eigenvalue weighted by Gasteiger charge is -2.35. The standard InChI is InChI=1S/C16H19BrF2N2O3/c1-16(2,3)24-15(23)21-8-6-20(7-9-21)14(22)10-4-5-11(17)13(19)12(10)18/h4-5H,6-9H2,1-3H3. The van der Waals surface area contributed by atoms with E-state index in [1.54, 1.807) is 20.8 Å². The third-order valence-electron chi connectivity index (χ3n) is 3.48. The maximum absolute atomic E-state index is 13.9. The van der Waals surface area contributed by atoms with Gasteiger partial charge in [-0.05, 0) is 48.8 Å². The summed E-state index contributed by atoms with van der Waals surface area (Å²) in [6, 6.07) is 2.54. The molecule has 0 aromatic heterocycles. The molecule has 0 atom stereocenters. The van der Waals surface area contributed by atoms with Crippen LogP contribution in [0.2, 0.25) is 0 Å². The van der Waals surface area contributed by atoms with Crippen LogP contribution in [-0.4, -0.2) is 53.6 Å². The molecular formula is C16H19BrF2N2O3. The Labute approximate surface area is 147 Å². The van der Waals surface area contributed by atoms with Crippen molar-refractivity contribution in [3.8, 4) is 0 Å². The number of ether oxygens (including phenoxy) is 1. The average molecular weight is 405 g/mol. The summed E-state index contributed by atoms with van der Waals surface area (Å²) >= 11 is 2.88. The van der Waals surface area contributed by atoms with Crippen molar-refractivity contribution in [3.05, 3.63) is 33.8 Å². The summed E-state index contributed by atoms with van der Waals surface area (Å²) in [7, 11) is 0. The molecule has 8 heteroatoms. The number of piperazine rings is 1. The number of amides is 2. The van der Waals surface area contributed by atoms with Crippen molar-refractivity contribution in [2.45, 2.75) is 26.4 Å². The van der Waals surface area contributed by atoms with Crippen LogP contribution in [0.4, 0.5) is 13.6 Å². The molecule has 5 nitrogen and oxygen atoms in total. The van der Waals surface area contributed by atoms with Gasteiger partial charge in [0.15, 0.2) is 11.6 Å². The van der Waals surface area contributed by atoms with E-state index >= 15 is 0 Å². The Bertz CT molecular complexity index is 653. The van der Waals surface area contributed by atoms with Gasteiger partial charge in [0.25, 0.3) is 5.91 Å². The second kappa shape index (κ2) is 7.04. The summed E-state index contributed by atoms with van der Waals surface area (Å²) in [5, 5.41) is 0. The average Bonchev–Trinajstić information content (AvgIpc) is 2.51. The molecule has 0 saturated carbocycles. The summed E-state index contributed by atoms with van der Waals surface area (Å²) in [6.07, 6.45) is -0.449. The van der Waals surface area contributed by atoms with Gasteiger partial charge in [-0.15, -0.1) is 0 Å². The number of nitrogens with zero attached hydrogens (tertiary/aromatic N) is 2. The molecule has 1 saturated heterocycles. The van der Waals surface area contributed by atoms with Crippen LogP contribution >= 0.6 is 15.9 Å². The number of rotatable bonds is 1. The van der Waals surface area contributed by atoms with Gasteiger partial charge in [0.2, 0.25) is 0 Å². The highest BCUT2D eigenvalue weighted by Gasteiger charge is 2.29. The molecule has 2 rings (SSSR count). The van der Waals surface area contributed by atoms with E-state index in [2.05, 4.69) is 15.9 Å². The summed E-state index contributed by atoms with van der Waals surface area (Å²) in [5.41, 5.74) is -0.913. The van der Waals surface area contributed by atoms with E-state index < -0.39 is 29.2 Å². The zero-order chi connectivity index (χ0) is 18.1. The van der Waals surface area contributed by atoms with Crippen LogP contribution in [0, 0.1) is 11.6 Å². The lowest BCUT2D eigenvalue weighted by Crippen LogP contribution is -2.51. The first-order valence-electron chi connectivity index (χ1n) is 7.51. The van der Waals surface area contributed by atoms with Gasteiger partial charge in [0.1, 0.15) is 5.60 Å². The lowest BCUT2D eigenvalue weighted by atomic mass is 10.1. The van der Waals surface area contributed by atoms with Crippen LogP contribution < -0.4 is 0 Å². The number of hydrogen-bond acceptors (Lipinski definition) is 3. The number of halogens is 3. The van der Waals surface area contributed by atoms with E-state index in [4.69, 9.17) is 4.74 Å². The molecule has 1 heterocycles. The topological polar surface area (TPSA) is 49.9 Å². The number of hydrogen-bond donors (Lipinski definition) is 0. The first-order chi connectivity index (χ1) is 11.1. The molecule has 0 spiro atoms. The van der Waals surface area contributed by atoms with Crippen molar-refractivity contribution in [1.82, 2.24) is 9.80 Å². The van der Waals surface area contributed by atoms with Crippen molar-refractivity contribution in [1.29, 1.82) is 0 Å². The molecule has 1 aliphatic rings.